The van der Waals surface area contributed by atoms with Crippen LogP contribution in [0.15, 0.2) is 9.98 Å². The molecule has 1 aromatic heterocycles. The van der Waals surface area contributed by atoms with Crippen LogP contribution in [0.4, 0.5) is 0 Å². The van der Waals surface area contributed by atoms with Gasteiger partial charge in [-0.15, -0.1) is 11.3 Å². The molecule has 4 nitrogen and oxygen atoms in total. The standard InChI is InChI=1S/C8H11BrN2S.C5H10O2/c9-7-5-11-8(12-7)6-1-3-10-4-2-6;1-5(2,3)7-4-6/h5-6,10H,1-4H2;4H,1-3H3. The third-order valence-corrected chi connectivity index (χ3v) is 4.22. The lowest BCUT2D eigenvalue weighted by molar-refractivity contribution is -0.138. The lowest BCUT2D eigenvalue weighted by atomic mass is 9.99. The highest BCUT2D eigenvalue weighted by atomic mass is 79.9. The summed E-state index contributed by atoms with van der Waals surface area (Å²) in [6.07, 6.45) is 4.38. The summed E-state index contributed by atoms with van der Waals surface area (Å²) in [7, 11) is 0. The van der Waals surface area contributed by atoms with Crippen molar-refractivity contribution in [3.8, 4) is 0 Å². The van der Waals surface area contributed by atoms with Crippen LogP contribution in [-0.4, -0.2) is 30.1 Å². The first-order valence-corrected chi connectivity index (χ1v) is 7.97. The van der Waals surface area contributed by atoms with Crippen molar-refractivity contribution in [3.63, 3.8) is 0 Å². The Labute approximate surface area is 127 Å². The predicted molar refractivity (Wildman–Crippen MR) is 81.6 cm³/mol. The van der Waals surface area contributed by atoms with E-state index in [1.807, 2.05) is 27.0 Å². The Bertz CT molecular complexity index is 384. The molecule has 0 bridgehead atoms. The van der Waals surface area contributed by atoms with E-state index in [4.69, 9.17) is 0 Å². The Hall–Kier alpha value is -0.460. The molecule has 19 heavy (non-hydrogen) atoms. The molecule has 1 aliphatic heterocycles. The van der Waals surface area contributed by atoms with Crippen molar-refractivity contribution in [2.24, 2.45) is 0 Å². The van der Waals surface area contributed by atoms with Crippen molar-refractivity contribution in [2.75, 3.05) is 13.1 Å². The predicted octanol–water partition coefficient (Wildman–Crippen LogP) is 3.33. The Morgan fingerprint density at radius 3 is 2.47 bits per heavy atom. The van der Waals surface area contributed by atoms with Crippen molar-refractivity contribution >= 4 is 33.7 Å². The molecule has 6 heteroatoms. The molecule has 0 radical (unpaired) electrons. The normalized spacial score (nSPS) is 16.4. The third-order valence-electron chi connectivity index (χ3n) is 2.59. The molecule has 0 atom stereocenters. The molecule has 0 saturated carbocycles. The van der Waals surface area contributed by atoms with Crippen LogP contribution in [-0.2, 0) is 9.53 Å². The molecule has 2 heterocycles. The number of aromatic nitrogens is 1. The van der Waals surface area contributed by atoms with Gasteiger partial charge in [0.2, 0.25) is 0 Å². The van der Waals surface area contributed by atoms with Crippen LogP contribution in [0.5, 0.6) is 0 Å². The Kier molecular flexibility index (Phi) is 6.96. The first-order valence-electron chi connectivity index (χ1n) is 6.36. The van der Waals surface area contributed by atoms with Gasteiger partial charge in [0.05, 0.1) is 15.0 Å². The van der Waals surface area contributed by atoms with Crippen molar-refractivity contribution in [2.45, 2.75) is 45.1 Å². The van der Waals surface area contributed by atoms with E-state index in [-0.39, 0.29) is 5.60 Å². The van der Waals surface area contributed by atoms with E-state index in [1.54, 1.807) is 11.3 Å². The minimum atomic E-state index is -0.318. The van der Waals surface area contributed by atoms with Gasteiger partial charge in [-0.2, -0.15) is 0 Å². The van der Waals surface area contributed by atoms with Gasteiger partial charge >= 0.3 is 0 Å². The number of halogens is 1. The van der Waals surface area contributed by atoms with Crippen LogP contribution >= 0.6 is 27.3 Å². The van der Waals surface area contributed by atoms with Crippen molar-refractivity contribution in [1.29, 1.82) is 0 Å². The molecule has 0 unspecified atom stereocenters. The maximum atomic E-state index is 9.60. The van der Waals surface area contributed by atoms with E-state index < -0.39 is 0 Å². The second-order valence-electron chi connectivity index (χ2n) is 5.35. The largest absolute Gasteiger partial charge is 0.462 e. The minimum absolute atomic E-state index is 0.318. The first kappa shape index (κ1) is 16.6. The molecule has 0 amide bonds. The number of hydrogen-bond acceptors (Lipinski definition) is 5. The van der Waals surface area contributed by atoms with Gasteiger partial charge in [-0.05, 0) is 62.6 Å². The van der Waals surface area contributed by atoms with E-state index in [0.717, 1.165) is 16.9 Å². The quantitative estimate of drug-likeness (QED) is 0.832. The highest BCUT2D eigenvalue weighted by Crippen LogP contribution is 2.30. The second-order valence-corrected chi connectivity index (χ2v) is 7.79. The molecule has 108 valence electrons. The zero-order valence-corrected chi connectivity index (χ0v) is 14.0. The fourth-order valence-electron chi connectivity index (χ4n) is 1.67. The van der Waals surface area contributed by atoms with Crippen molar-refractivity contribution < 1.29 is 9.53 Å². The molecule has 1 aliphatic rings. The van der Waals surface area contributed by atoms with E-state index in [1.165, 1.54) is 17.8 Å². The van der Waals surface area contributed by atoms with Crippen LogP contribution in [0.25, 0.3) is 0 Å². The molecule has 0 aromatic carbocycles. The summed E-state index contributed by atoms with van der Waals surface area (Å²) in [4.78, 5) is 14.0. The van der Waals surface area contributed by atoms with Gasteiger partial charge in [0.15, 0.2) is 0 Å². The third kappa shape index (κ3) is 7.03. The number of hydrogen-bond donors (Lipinski definition) is 1. The number of carbonyl (C=O) groups is 1. The van der Waals surface area contributed by atoms with Gasteiger partial charge in [-0.3, -0.25) is 4.79 Å². The van der Waals surface area contributed by atoms with Crippen LogP contribution in [0, 0.1) is 0 Å². The molecule has 0 aliphatic carbocycles. The summed E-state index contributed by atoms with van der Waals surface area (Å²) in [6, 6.07) is 0. The summed E-state index contributed by atoms with van der Waals surface area (Å²) < 4.78 is 5.70. The SMILES string of the molecule is Brc1cnc(C2CCNCC2)s1.CC(C)(C)OC=O. The summed E-state index contributed by atoms with van der Waals surface area (Å²) in [5, 5.41) is 4.65. The summed E-state index contributed by atoms with van der Waals surface area (Å²) in [5.74, 6) is 0.697. The average Bonchev–Trinajstić information content (AvgIpc) is 2.76. The van der Waals surface area contributed by atoms with Crippen LogP contribution in [0.2, 0.25) is 0 Å². The lowest BCUT2D eigenvalue weighted by Gasteiger charge is -2.20. The van der Waals surface area contributed by atoms with E-state index in [0.29, 0.717) is 12.4 Å². The van der Waals surface area contributed by atoms with E-state index in [2.05, 4.69) is 31.0 Å². The summed E-state index contributed by atoms with van der Waals surface area (Å²) in [6.45, 7) is 8.20. The molecule has 0 spiro atoms. The Balaban J connectivity index is 0.000000224. The molecular weight excluding hydrogens is 328 g/mol. The molecule has 1 fully saturated rings. The Morgan fingerprint density at radius 2 is 2.11 bits per heavy atom. The number of piperidine rings is 1. The van der Waals surface area contributed by atoms with Gasteiger partial charge in [0, 0.05) is 5.92 Å². The van der Waals surface area contributed by atoms with Crippen LogP contribution < -0.4 is 5.32 Å². The van der Waals surface area contributed by atoms with Gasteiger partial charge < -0.3 is 10.1 Å². The molecule has 1 saturated heterocycles. The highest BCUT2D eigenvalue weighted by molar-refractivity contribution is 9.11. The molecule has 2 rings (SSSR count). The van der Waals surface area contributed by atoms with Crippen LogP contribution in [0.1, 0.15) is 44.5 Å². The average molecular weight is 349 g/mol. The molecule has 1 aromatic rings. The number of rotatable bonds is 2. The topological polar surface area (TPSA) is 51.2 Å². The number of carbonyl (C=O) groups excluding carboxylic acids is 1. The zero-order valence-electron chi connectivity index (χ0n) is 11.6. The maximum absolute atomic E-state index is 9.60. The maximum Gasteiger partial charge on any atom is 0.293 e. The fraction of sp³-hybridized carbons (Fsp3) is 0.692. The number of ether oxygens (including phenoxy) is 1. The number of nitrogens with one attached hydrogen (secondary N) is 1. The number of nitrogens with zero attached hydrogens (tertiary/aromatic N) is 1. The summed E-state index contributed by atoms with van der Waals surface area (Å²) in [5.41, 5.74) is -0.318. The van der Waals surface area contributed by atoms with Gasteiger partial charge in [0.25, 0.3) is 6.47 Å². The monoisotopic (exact) mass is 348 g/mol. The minimum Gasteiger partial charge on any atom is -0.462 e. The smallest absolute Gasteiger partial charge is 0.293 e. The lowest BCUT2D eigenvalue weighted by Crippen LogP contribution is -2.26. The van der Waals surface area contributed by atoms with Crippen molar-refractivity contribution in [1.82, 2.24) is 10.3 Å². The van der Waals surface area contributed by atoms with Gasteiger partial charge in [0.1, 0.15) is 5.60 Å². The second kappa shape index (κ2) is 7.97. The molecular formula is C13H21BrN2O2S. The van der Waals surface area contributed by atoms with Crippen molar-refractivity contribution in [3.05, 3.63) is 15.0 Å². The van der Waals surface area contributed by atoms with Gasteiger partial charge in [-0.1, -0.05) is 0 Å². The van der Waals surface area contributed by atoms with Crippen LogP contribution in [0.3, 0.4) is 0 Å². The van der Waals surface area contributed by atoms with Gasteiger partial charge in [-0.25, -0.2) is 4.98 Å². The van der Waals surface area contributed by atoms with E-state index >= 15 is 0 Å². The number of thiazole rings is 1. The Morgan fingerprint density at radius 1 is 1.47 bits per heavy atom. The fourth-order valence-corrected chi connectivity index (χ4v) is 3.08. The first-order chi connectivity index (χ1) is 8.92. The van der Waals surface area contributed by atoms with E-state index in [9.17, 15) is 4.79 Å². The summed E-state index contributed by atoms with van der Waals surface area (Å²) >= 11 is 5.21. The zero-order chi connectivity index (χ0) is 14.3. The highest BCUT2D eigenvalue weighted by Gasteiger charge is 2.17. The molecule has 1 N–H and O–H groups in total.